The average molecular weight is 257 g/mol. The van der Waals surface area contributed by atoms with Crippen LogP contribution in [0.1, 0.15) is 5.56 Å². The van der Waals surface area contributed by atoms with E-state index in [0.29, 0.717) is 5.88 Å². The lowest BCUT2D eigenvalue weighted by Gasteiger charge is -2.26. The maximum Gasteiger partial charge on any atom is 0.264 e. The number of amides is 1. The first-order chi connectivity index (χ1) is 6.61. The summed E-state index contributed by atoms with van der Waals surface area (Å²) >= 11 is 3.37. The number of rotatable bonds is 0. The SMILES string of the molecule is Cc1c(Br)cnc2c1N(C)C(=O)CO2. The molecule has 1 amide bonds. The molecule has 0 saturated carbocycles. The van der Waals surface area contributed by atoms with Crippen LogP contribution in [-0.2, 0) is 4.79 Å². The molecule has 0 saturated heterocycles. The lowest BCUT2D eigenvalue weighted by molar-refractivity contribution is -0.121. The van der Waals surface area contributed by atoms with E-state index in [-0.39, 0.29) is 12.5 Å². The van der Waals surface area contributed by atoms with Gasteiger partial charge in [0.1, 0.15) is 5.69 Å². The molecular formula is C9H9BrN2O2. The number of likely N-dealkylation sites (N-methyl/N-ethyl adjacent to an activating group) is 1. The molecule has 14 heavy (non-hydrogen) atoms. The fourth-order valence-electron chi connectivity index (χ4n) is 1.40. The highest BCUT2D eigenvalue weighted by atomic mass is 79.9. The highest BCUT2D eigenvalue weighted by Crippen LogP contribution is 2.35. The Labute approximate surface area is 90.0 Å². The monoisotopic (exact) mass is 256 g/mol. The van der Waals surface area contributed by atoms with Crippen molar-refractivity contribution in [3.8, 4) is 5.88 Å². The van der Waals surface area contributed by atoms with Crippen LogP contribution >= 0.6 is 15.9 Å². The molecule has 4 nitrogen and oxygen atoms in total. The third-order valence-corrected chi connectivity index (χ3v) is 3.05. The zero-order valence-electron chi connectivity index (χ0n) is 7.87. The molecule has 0 aromatic carbocycles. The quantitative estimate of drug-likeness (QED) is 0.707. The van der Waals surface area contributed by atoms with Crippen LogP contribution in [0.3, 0.4) is 0 Å². The third kappa shape index (κ3) is 1.28. The first-order valence-electron chi connectivity index (χ1n) is 4.15. The summed E-state index contributed by atoms with van der Waals surface area (Å²) in [5, 5.41) is 0. The smallest absolute Gasteiger partial charge is 0.264 e. The van der Waals surface area contributed by atoms with Crippen molar-refractivity contribution in [1.29, 1.82) is 0 Å². The maximum atomic E-state index is 11.4. The van der Waals surface area contributed by atoms with E-state index in [1.54, 1.807) is 18.1 Å². The van der Waals surface area contributed by atoms with Crippen LogP contribution in [0.25, 0.3) is 0 Å². The summed E-state index contributed by atoms with van der Waals surface area (Å²) in [4.78, 5) is 17.1. The van der Waals surface area contributed by atoms with Crippen molar-refractivity contribution in [1.82, 2.24) is 4.98 Å². The van der Waals surface area contributed by atoms with E-state index in [1.165, 1.54) is 0 Å². The summed E-state index contributed by atoms with van der Waals surface area (Å²) in [6.45, 7) is 1.99. The highest BCUT2D eigenvalue weighted by molar-refractivity contribution is 9.10. The fourth-order valence-corrected chi connectivity index (χ4v) is 1.69. The van der Waals surface area contributed by atoms with Crippen molar-refractivity contribution in [2.75, 3.05) is 18.6 Å². The number of fused-ring (bicyclic) bond motifs is 1. The molecule has 2 heterocycles. The predicted molar refractivity (Wildman–Crippen MR) is 55.6 cm³/mol. The maximum absolute atomic E-state index is 11.4. The first kappa shape index (κ1) is 9.45. The second-order valence-corrected chi connectivity index (χ2v) is 3.98. The molecule has 74 valence electrons. The van der Waals surface area contributed by atoms with Gasteiger partial charge in [0.2, 0.25) is 5.88 Å². The second kappa shape index (κ2) is 3.24. The first-order valence-corrected chi connectivity index (χ1v) is 4.95. The molecule has 1 aliphatic heterocycles. The topological polar surface area (TPSA) is 42.4 Å². The molecule has 0 fully saturated rings. The Bertz CT molecular complexity index is 406. The Balaban J connectivity index is 2.62. The minimum atomic E-state index is -0.0551. The van der Waals surface area contributed by atoms with Gasteiger partial charge in [-0.2, -0.15) is 0 Å². The molecule has 2 rings (SSSR count). The Hall–Kier alpha value is -1.10. The van der Waals surface area contributed by atoms with E-state index in [4.69, 9.17) is 4.74 Å². The van der Waals surface area contributed by atoms with Gasteiger partial charge in [0, 0.05) is 17.7 Å². The number of halogens is 1. The second-order valence-electron chi connectivity index (χ2n) is 3.13. The van der Waals surface area contributed by atoms with Crippen LogP contribution in [-0.4, -0.2) is 24.5 Å². The molecule has 0 unspecified atom stereocenters. The van der Waals surface area contributed by atoms with Crippen molar-refractivity contribution >= 4 is 27.5 Å². The number of carbonyl (C=O) groups excluding carboxylic acids is 1. The minimum Gasteiger partial charge on any atom is -0.466 e. The summed E-state index contributed by atoms with van der Waals surface area (Å²) in [5.41, 5.74) is 1.71. The van der Waals surface area contributed by atoms with Crippen molar-refractivity contribution in [2.24, 2.45) is 0 Å². The van der Waals surface area contributed by atoms with E-state index in [9.17, 15) is 4.79 Å². The van der Waals surface area contributed by atoms with E-state index in [1.807, 2.05) is 6.92 Å². The molecule has 1 aromatic rings. The van der Waals surface area contributed by atoms with Crippen molar-refractivity contribution in [2.45, 2.75) is 6.92 Å². The van der Waals surface area contributed by atoms with Crippen LogP contribution in [0.15, 0.2) is 10.7 Å². The predicted octanol–water partition coefficient (Wildman–Crippen LogP) is 1.51. The van der Waals surface area contributed by atoms with Crippen LogP contribution in [0.5, 0.6) is 5.88 Å². The van der Waals surface area contributed by atoms with Gasteiger partial charge in [0.05, 0.1) is 0 Å². The normalized spacial score (nSPS) is 15.1. The van der Waals surface area contributed by atoms with Gasteiger partial charge in [-0.1, -0.05) is 0 Å². The van der Waals surface area contributed by atoms with E-state index >= 15 is 0 Å². The number of nitrogens with zero attached hydrogens (tertiary/aromatic N) is 2. The van der Waals surface area contributed by atoms with Gasteiger partial charge in [-0.25, -0.2) is 4.98 Å². The molecule has 0 atom stereocenters. The number of ether oxygens (including phenoxy) is 1. The van der Waals surface area contributed by atoms with Gasteiger partial charge in [0.15, 0.2) is 6.61 Å². The zero-order chi connectivity index (χ0) is 10.3. The molecular weight excluding hydrogens is 248 g/mol. The fraction of sp³-hybridized carbons (Fsp3) is 0.333. The minimum absolute atomic E-state index is 0.0551. The van der Waals surface area contributed by atoms with Gasteiger partial charge in [-0.15, -0.1) is 0 Å². The van der Waals surface area contributed by atoms with Crippen molar-refractivity contribution < 1.29 is 9.53 Å². The summed E-state index contributed by atoms with van der Waals surface area (Å²) < 4.78 is 6.10. The molecule has 0 N–H and O–H groups in total. The van der Waals surface area contributed by atoms with Gasteiger partial charge in [-0.05, 0) is 28.4 Å². The van der Waals surface area contributed by atoms with Crippen LogP contribution in [0, 0.1) is 6.92 Å². The Morgan fingerprint density at radius 2 is 2.36 bits per heavy atom. The average Bonchev–Trinajstić information content (AvgIpc) is 2.17. The molecule has 1 aliphatic rings. The van der Waals surface area contributed by atoms with E-state index < -0.39 is 0 Å². The van der Waals surface area contributed by atoms with Crippen molar-refractivity contribution in [3.63, 3.8) is 0 Å². The zero-order valence-corrected chi connectivity index (χ0v) is 9.46. The van der Waals surface area contributed by atoms with E-state index in [2.05, 4.69) is 20.9 Å². The van der Waals surface area contributed by atoms with Gasteiger partial charge < -0.3 is 9.64 Å². The van der Waals surface area contributed by atoms with Crippen LogP contribution < -0.4 is 9.64 Å². The lowest BCUT2D eigenvalue weighted by atomic mass is 10.2. The molecule has 0 aliphatic carbocycles. The number of aromatic nitrogens is 1. The number of hydrogen-bond acceptors (Lipinski definition) is 3. The molecule has 5 heteroatoms. The summed E-state index contributed by atoms with van der Waals surface area (Å²) in [6.07, 6.45) is 1.68. The number of carbonyl (C=O) groups is 1. The van der Waals surface area contributed by atoms with Gasteiger partial charge >= 0.3 is 0 Å². The standard InChI is InChI=1S/C9H9BrN2O2/c1-5-6(10)3-11-9-8(5)12(2)7(13)4-14-9/h3H,4H2,1-2H3. The summed E-state index contributed by atoms with van der Waals surface area (Å²) in [7, 11) is 1.73. The number of pyridine rings is 1. The van der Waals surface area contributed by atoms with Gasteiger partial charge in [-0.3, -0.25) is 4.79 Å². The van der Waals surface area contributed by atoms with Crippen LogP contribution in [0.2, 0.25) is 0 Å². The number of hydrogen-bond donors (Lipinski definition) is 0. The van der Waals surface area contributed by atoms with Crippen LogP contribution in [0.4, 0.5) is 5.69 Å². The number of anilines is 1. The Morgan fingerprint density at radius 3 is 3.07 bits per heavy atom. The highest BCUT2D eigenvalue weighted by Gasteiger charge is 2.25. The van der Waals surface area contributed by atoms with E-state index in [0.717, 1.165) is 15.7 Å². The Morgan fingerprint density at radius 1 is 1.64 bits per heavy atom. The molecule has 0 bridgehead atoms. The molecule has 1 aromatic heterocycles. The largest absolute Gasteiger partial charge is 0.466 e. The van der Waals surface area contributed by atoms with Crippen molar-refractivity contribution in [3.05, 3.63) is 16.2 Å². The lowest BCUT2D eigenvalue weighted by Crippen LogP contribution is -2.36. The molecule has 0 radical (unpaired) electrons. The third-order valence-electron chi connectivity index (χ3n) is 2.25. The summed E-state index contributed by atoms with van der Waals surface area (Å²) in [6, 6.07) is 0. The van der Waals surface area contributed by atoms with Gasteiger partial charge in [0.25, 0.3) is 5.91 Å². The molecule has 0 spiro atoms. The Kier molecular flexibility index (Phi) is 2.19. The summed E-state index contributed by atoms with van der Waals surface area (Å²) in [5.74, 6) is 0.466.